The minimum atomic E-state index is 0.0433. The number of aryl methyl sites for hydroxylation is 1. The van der Waals surface area contributed by atoms with Crippen LogP contribution in [0.3, 0.4) is 0 Å². The highest BCUT2D eigenvalue weighted by Crippen LogP contribution is 2.28. The first-order valence-electron chi connectivity index (χ1n) is 5.74. The molecule has 1 aromatic heterocycles. The predicted octanol–water partition coefficient (Wildman–Crippen LogP) is 2.10. The highest BCUT2D eigenvalue weighted by molar-refractivity contribution is 7.71. The van der Waals surface area contributed by atoms with Crippen molar-refractivity contribution >= 4 is 18.4 Å². The average Bonchev–Trinajstić information content (AvgIpc) is 2.78. The smallest absolute Gasteiger partial charge is 0.216 e. The van der Waals surface area contributed by atoms with E-state index in [2.05, 4.69) is 15.3 Å². The van der Waals surface area contributed by atoms with E-state index in [9.17, 15) is 5.11 Å². The maximum atomic E-state index is 9.94. The zero-order valence-electron chi connectivity index (χ0n) is 10.6. The van der Waals surface area contributed by atoms with E-state index in [1.807, 2.05) is 6.92 Å². The Balaban J connectivity index is 2.38. The Bertz CT molecular complexity index is 660. The third kappa shape index (κ3) is 2.65. The number of phenolic OH excluding ortho intramolecular Hbond substituents is 1. The molecule has 100 valence electrons. The number of hydrogen-bond acceptors (Lipinski definition) is 5. The molecule has 1 aromatic carbocycles. The molecule has 0 saturated heterocycles. The number of benzene rings is 1. The number of H-pyrrole nitrogens is 1. The summed E-state index contributed by atoms with van der Waals surface area (Å²) in [6.45, 7) is 1.96. The summed E-state index contributed by atoms with van der Waals surface area (Å²) >= 11 is 5.08. The number of nitrogens with one attached hydrogen (secondary N) is 1. The van der Waals surface area contributed by atoms with Crippen LogP contribution in [0.25, 0.3) is 0 Å². The average molecular weight is 278 g/mol. The van der Waals surface area contributed by atoms with E-state index in [0.717, 1.165) is 5.82 Å². The van der Waals surface area contributed by atoms with Crippen LogP contribution >= 0.6 is 12.2 Å². The van der Waals surface area contributed by atoms with Gasteiger partial charge in [0.2, 0.25) is 4.77 Å². The van der Waals surface area contributed by atoms with Crippen molar-refractivity contribution in [2.24, 2.45) is 5.10 Å². The number of ether oxygens (including phenoxy) is 1. The van der Waals surface area contributed by atoms with Gasteiger partial charge in [0.1, 0.15) is 0 Å². The summed E-state index contributed by atoms with van der Waals surface area (Å²) < 4.78 is 6.97. The van der Waals surface area contributed by atoms with Gasteiger partial charge in [0.25, 0.3) is 0 Å². The molecule has 6 nitrogen and oxygen atoms in total. The summed E-state index contributed by atoms with van der Waals surface area (Å²) in [5, 5.41) is 20.9. The molecule has 2 rings (SSSR count). The number of nitrogens with zero attached hydrogens (tertiary/aromatic N) is 3. The lowest BCUT2D eigenvalue weighted by Gasteiger charge is -2.05. The molecule has 0 unspecified atom stereocenters. The second-order valence-corrected chi connectivity index (χ2v) is 4.14. The van der Waals surface area contributed by atoms with Gasteiger partial charge in [-0.15, -0.1) is 0 Å². The first kappa shape index (κ1) is 13.3. The van der Waals surface area contributed by atoms with Crippen LogP contribution in [0.5, 0.6) is 11.5 Å². The van der Waals surface area contributed by atoms with Crippen molar-refractivity contribution in [2.75, 3.05) is 7.11 Å². The monoisotopic (exact) mass is 278 g/mol. The Morgan fingerprint density at radius 2 is 2.37 bits per heavy atom. The van der Waals surface area contributed by atoms with Crippen LogP contribution in [-0.2, 0) is 6.42 Å². The van der Waals surface area contributed by atoms with Crippen molar-refractivity contribution in [3.05, 3.63) is 34.4 Å². The van der Waals surface area contributed by atoms with Crippen molar-refractivity contribution in [2.45, 2.75) is 13.3 Å². The summed E-state index contributed by atoms with van der Waals surface area (Å²) in [6, 6.07) is 5.18. The van der Waals surface area contributed by atoms with Crippen LogP contribution in [0.1, 0.15) is 18.3 Å². The molecular weight excluding hydrogens is 264 g/mol. The van der Waals surface area contributed by atoms with E-state index in [4.69, 9.17) is 17.0 Å². The molecule has 19 heavy (non-hydrogen) atoms. The lowest BCUT2D eigenvalue weighted by Crippen LogP contribution is -1.97. The Labute approximate surface area is 115 Å². The number of rotatable bonds is 4. The Hall–Kier alpha value is -2.15. The lowest BCUT2D eigenvalue weighted by molar-refractivity contribution is 0.373. The van der Waals surface area contributed by atoms with Crippen LogP contribution in [-0.4, -0.2) is 33.3 Å². The summed E-state index contributed by atoms with van der Waals surface area (Å²) in [6.07, 6.45) is 2.22. The third-order valence-electron chi connectivity index (χ3n) is 2.60. The molecule has 0 bridgehead atoms. The Morgan fingerprint density at radius 1 is 1.58 bits per heavy atom. The van der Waals surface area contributed by atoms with Crippen LogP contribution in [0.15, 0.2) is 23.3 Å². The Morgan fingerprint density at radius 3 is 3.05 bits per heavy atom. The van der Waals surface area contributed by atoms with E-state index in [-0.39, 0.29) is 5.75 Å². The van der Waals surface area contributed by atoms with Gasteiger partial charge in [-0.1, -0.05) is 13.0 Å². The largest absolute Gasteiger partial charge is 0.504 e. The highest BCUT2D eigenvalue weighted by atomic mass is 32.1. The molecule has 1 heterocycles. The fourth-order valence-electron chi connectivity index (χ4n) is 1.60. The van der Waals surface area contributed by atoms with Crippen LogP contribution in [0.4, 0.5) is 0 Å². The molecule has 0 atom stereocenters. The van der Waals surface area contributed by atoms with Crippen LogP contribution < -0.4 is 4.74 Å². The maximum Gasteiger partial charge on any atom is 0.216 e. The molecule has 0 radical (unpaired) electrons. The molecular formula is C12H14N4O2S. The lowest BCUT2D eigenvalue weighted by atomic mass is 10.2. The quantitative estimate of drug-likeness (QED) is 0.663. The van der Waals surface area contributed by atoms with Gasteiger partial charge in [-0.2, -0.15) is 14.9 Å². The molecule has 0 aliphatic carbocycles. The van der Waals surface area contributed by atoms with Gasteiger partial charge in [-0.05, 0) is 24.4 Å². The first-order chi connectivity index (χ1) is 9.17. The van der Waals surface area contributed by atoms with E-state index in [1.165, 1.54) is 18.0 Å². The van der Waals surface area contributed by atoms with Crippen molar-refractivity contribution in [1.29, 1.82) is 0 Å². The minimum Gasteiger partial charge on any atom is -0.504 e. The van der Waals surface area contributed by atoms with Crippen LogP contribution in [0.2, 0.25) is 0 Å². The standard InChI is InChI=1S/C12H14N4O2S/c1-3-10-14-15-12(19)16(10)13-7-8-5-4-6-9(18-2)11(8)17/h4-7,17H,3H2,1-2H3,(H,15,19)/b13-7+. The van der Waals surface area contributed by atoms with Crippen molar-refractivity contribution < 1.29 is 9.84 Å². The topological polar surface area (TPSA) is 75.4 Å². The summed E-state index contributed by atoms with van der Waals surface area (Å²) in [4.78, 5) is 0. The number of methoxy groups -OCH3 is 1. The van der Waals surface area contributed by atoms with Gasteiger partial charge in [0, 0.05) is 12.0 Å². The zero-order chi connectivity index (χ0) is 13.8. The second-order valence-electron chi connectivity index (χ2n) is 3.75. The van der Waals surface area contributed by atoms with E-state index in [1.54, 1.807) is 18.2 Å². The number of aromatic hydroxyl groups is 1. The molecule has 2 aromatic rings. The normalized spacial score (nSPS) is 11.1. The number of para-hydroxylation sites is 1. The van der Waals surface area contributed by atoms with Crippen molar-refractivity contribution in [3.8, 4) is 11.5 Å². The SMILES string of the molecule is CCc1n[nH]c(=S)n1/N=C/c1cccc(OC)c1O. The van der Waals surface area contributed by atoms with Crippen LogP contribution in [0, 0.1) is 4.77 Å². The van der Waals surface area contributed by atoms with Gasteiger partial charge in [0.05, 0.1) is 13.3 Å². The van der Waals surface area contributed by atoms with E-state index < -0.39 is 0 Å². The number of aromatic nitrogens is 3. The fraction of sp³-hybridized carbons (Fsp3) is 0.250. The minimum absolute atomic E-state index is 0.0433. The second kappa shape index (κ2) is 5.66. The first-order valence-corrected chi connectivity index (χ1v) is 6.14. The van der Waals surface area contributed by atoms with E-state index >= 15 is 0 Å². The zero-order valence-corrected chi connectivity index (χ0v) is 11.4. The summed E-state index contributed by atoms with van der Waals surface area (Å²) in [5.74, 6) is 1.17. The highest BCUT2D eigenvalue weighted by Gasteiger charge is 2.06. The molecule has 2 N–H and O–H groups in total. The molecule has 0 saturated carbocycles. The van der Waals surface area contributed by atoms with Gasteiger partial charge in [-0.25, -0.2) is 0 Å². The van der Waals surface area contributed by atoms with Gasteiger partial charge < -0.3 is 9.84 Å². The molecule has 0 aliphatic heterocycles. The molecule has 0 fully saturated rings. The van der Waals surface area contributed by atoms with Gasteiger partial charge >= 0.3 is 0 Å². The maximum absolute atomic E-state index is 9.94. The Kier molecular flexibility index (Phi) is 3.96. The number of hydrogen-bond donors (Lipinski definition) is 2. The fourth-order valence-corrected chi connectivity index (χ4v) is 1.80. The predicted molar refractivity (Wildman–Crippen MR) is 74.4 cm³/mol. The summed E-state index contributed by atoms with van der Waals surface area (Å²) in [5.41, 5.74) is 0.546. The summed E-state index contributed by atoms with van der Waals surface area (Å²) in [7, 11) is 1.50. The number of aromatic amines is 1. The molecule has 7 heteroatoms. The van der Waals surface area contributed by atoms with Gasteiger partial charge in [-0.3, -0.25) is 5.10 Å². The third-order valence-corrected chi connectivity index (χ3v) is 2.86. The molecule has 0 spiro atoms. The number of phenols is 1. The van der Waals surface area contributed by atoms with Crippen molar-refractivity contribution in [1.82, 2.24) is 14.9 Å². The van der Waals surface area contributed by atoms with Gasteiger partial charge in [0.15, 0.2) is 17.3 Å². The van der Waals surface area contributed by atoms with Crippen molar-refractivity contribution in [3.63, 3.8) is 0 Å². The molecule has 0 amide bonds. The molecule has 0 aliphatic rings. The van der Waals surface area contributed by atoms with E-state index in [0.29, 0.717) is 22.5 Å².